The summed E-state index contributed by atoms with van der Waals surface area (Å²) >= 11 is 3.39. The Morgan fingerprint density at radius 1 is 1.47 bits per heavy atom. The summed E-state index contributed by atoms with van der Waals surface area (Å²) in [5, 5.41) is 8.66. The van der Waals surface area contributed by atoms with E-state index in [0.29, 0.717) is 0 Å². The van der Waals surface area contributed by atoms with E-state index in [0.717, 1.165) is 35.3 Å². The van der Waals surface area contributed by atoms with E-state index >= 15 is 0 Å². The molecule has 5 heteroatoms. The molecule has 0 radical (unpaired) electrons. The topological polar surface area (TPSA) is 37.8 Å². The molecule has 15 heavy (non-hydrogen) atoms. The maximum atomic E-state index is 4.15. The molecular weight excluding hydrogens is 226 g/mol. The number of rotatable bonds is 7. The van der Waals surface area contributed by atoms with Crippen molar-refractivity contribution in [2.75, 3.05) is 17.6 Å². The summed E-state index contributed by atoms with van der Waals surface area (Å²) in [6.07, 6.45) is 1.14. The van der Waals surface area contributed by atoms with Crippen LogP contribution in [0.5, 0.6) is 0 Å². The van der Waals surface area contributed by atoms with Crippen molar-refractivity contribution in [1.82, 2.24) is 9.59 Å². The number of aromatic nitrogens is 2. The molecule has 0 saturated heterocycles. The standard InChI is InChI=1S/C10H19N3S2/c1-4-5-11-10-9(12-13-15-10)7-14-6-8(2)3/h8,11H,4-7H2,1-3H3. The van der Waals surface area contributed by atoms with Crippen LogP contribution in [0.3, 0.4) is 0 Å². The summed E-state index contributed by atoms with van der Waals surface area (Å²) in [6, 6.07) is 0. The molecule has 0 aliphatic heterocycles. The van der Waals surface area contributed by atoms with Crippen molar-refractivity contribution in [3.8, 4) is 0 Å². The molecule has 1 heterocycles. The highest BCUT2D eigenvalue weighted by Gasteiger charge is 2.07. The fourth-order valence-corrected chi connectivity index (χ4v) is 2.75. The molecule has 86 valence electrons. The van der Waals surface area contributed by atoms with Gasteiger partial charge in [-0.3, -0.25) is 0 Å². The van der Waals surface area contributed by atoms with Gasteiger partial charge in [-0.2, -0.15) is 11.8 Å². The molecule has 0 aliphatic carbocycles. The second kappa shape index (κ2) is 7.06. The van der Waals surface area contributed by atoms with Crippen molar-refractivity contribution in [3.63, 3.8) is 0 Å². The molecule has 0 spiro atoms. The molecule has 0 aromatic carbocycles. The minimum atomic E-state index is 0.744. The van der Waals surface area contributed by atoms with E-state index in [1.807, 2.05) is 11.8 Å². The zero-order valence-electron chi connectivity index (χ0n) is 9.62. The summed E-state index contributed by atoms with van der Waals surface area (Å²) in [5.41, 5.74) is 1.11. The molecule has 3 nitrogen and oxygen atoms in total. The van der Waals surface area contributed by atoms with Crippen molar-refractivity contribution in [2.24, 2.45) is 5.92 Å². The molecule has 0 atom stereocenters. The summed E-state index contributed by atoms with van der Waals surface area (Å²) in [4.78, 5) is 0. The summed E-state index contributed by atoms with van der Waals surface area (Å²) < 4.78 is 3.99. The second-order valence-electron chi connectivity index (χ2n) is 3.88. The lowest BCUT2D eigenvalue weighted by atomic mass is 10.3. The number of nitrogens with zero attached hydrogens (tertiary/aromatic N) is 2. The predicted octanol–water partition coefficient (Wildman–Crippen LogP) is 3.25. The lowest BCUT2D eigenvalue weighted by Crippen LogP contribution is -2.00. The first kappa shape index (κ1) is 12.8. The lowest BCUT2D eigenvalue weighted by Gasteiger charge is -2.05. The van der Waals surface area contributed by atoms with Crippen molar-refractivity contribution in [3.05, 3.63) is 5.69 Å². The van der Waals surface area contributed by atoms with E-state index in [4.69, 9.17) is 0 Å². The number of hydrogen-bond donors (Lipinski definition) is 1. The van der Waals surface area contributed by atoms with E-state index in [1.165, 1.54) is 17.3 Å². The van der Waals surface area contributed by atoms with Crippen LogP contribution in [0.4, 0.5) is 5.00 Å². The normalized spacial score (nSPS) is 10.9. The Labute approximate surface area is 100 Å². The van der Waals surface area contributed by atoms with Gasteiger partial charge in [0, 0.05) is 23.8 Å². The molecule has 1 N–H and O–H groups in total. The van der Waals surface area contributed by atoms with Gasteiger partial charge in [-0.1, -0.05) is 25.3 Å². The minimum absolute atomic E-state index is 0.744. The minimum Gasteiger partial charge on any atom is -0.374 e. The molecular formula is C10H19N3S2. The van der Waals surface area contributed by atoms with Crippen molar-refractivity contribution in [2.45, 2.75) is 32.9 Å². The van der Waals surface area contributed by atoms with E-state index in [-0.39, 0.29) is 0 Å². The quantitative estimate of drug-likeness (QED) is 0.800. The molecule has 0 amide bonds. The Kier molecular flexibility index (Phi) is 6.02. The van der Waals surface area contributed by atoms with Crippen LogP contribution in [0.15, 0.2) is 0 Å². The molecule has 0 saturated carbocycles. The van der Waals surface area contributed by atoms with Crippen LogP contribution >= 0.6 is 23.3 Å². The summed E-state index contributed by atoms with van der Waals surface area (Å²) in [6.45, 7) is 7.64. The van der Waals surface area contributed by atoms with Crippen LogP contribution in [0.25, 0.3) is 0 Å². The van der Waals surface area contributed by atoms with E-state index in [1.54, 1.807) is 0 Å². The average Bonchev–Trinajstić information content (AvgIpc) is 2.62. The maximum absolute atomic E-state index is 4.15. The van der Waals surface area contributed by atoms with Crippen molar-refractivity contribution in [1.29, 1.82) is 0 Å². The van der Waals surface area contributed by atoms with E-state index < -0.39 is 0 Å². The van der Waals surface area contributed by atoms with Gasteiger partial charge >= 0.3 is 0 Å². The smallest absolute Gasteiger partial charge is 0.134 e. The number of hydrogen-bond acceptors (Lipinski definition) is 5. The molecule has 1 rings (SSSR count). The molecule has 0 fully saturated rings. The van der Waals surface area contributed by atoms with Gasteiger partial charge < -0.3 is 5.32 Å². The van der Waals surface area contributed by atoms with Gasteiger partial charge in [0.05, 0.1) is 0 Å². The van der Waals surface area contributed by atoms with Gasteiger partial charge in [-0.15, -0.1) is 5.10 Å². The third kappa shape index (κ3) is 4.84. The largest absolute Gasteiger partial charge is 0.374 e. The summed E-state index contributed by atoms with van der Waals surface area (Å²) in [5.74, 6) is 2.90. The van der Waals surface area contributed by atoms with Crippen LogP contribution in [-0.4, -0.2) is 21.9 Å². The molecule has 1 aromatic rings. The van der Waals surface area contributed by atoms with Gasteiger partial charge in [0.1, 0.15) is 10.7 Å². The lowest BCUT2D eigenvalue weighted by molar-refractivity contribution is 0.750. The zero-order valence-corrected chi connectivity index (χ0v) is 11.2. The highest BCUT2D eigenvalue weighted by Crippen LogP contribution is 2.23. The Hall–Kier alpha value is -0.290. The second-order valence-corrected chi connectivity index (χ2v) is 5.67. The fraction of sp³-hybridized carbons (Fsp3) is 0.800. The molecule has 0 unspecified atom stereocenters. The maximum Gasteiger partial charge on any atom is 0.134 e. The number of nitrogens with one attached hydrogen (secondary N) is 1. The van der Waals surface area contributed by atoms with Crippen molar-refractivity contribution >= 4 is 28.3 Å². The Bertz CT molecular complexity index is 273. The predicted molar refractivity (Wildman–Crippen MR) is 69.7 cm³/mol. The van der Waals surface area contributed by atoms with Crippen LogP contribution in [0, 0.1) is 5.92 Å². The molecule has 1 aromatic heterocycles. The van der Waals surface area contributed by atoms with Gasteiger partial charge in [0.15, 0.2) is 0 Å². The third-order valence-electron chi connectivity index (χ3n) is 1.78. The average molecular weight is 245 g/mol. The Morgan fingerprint density at radius 3 is 2.93 bits per heavy atom. The Morgan fingerprint density at radius 2 is 2.27 bits per heavy atom. The molecule has 0 aliphatic rings. The number of thioether (sulfide) groups is 1. The first-order valence-corrected chi connectivity index (χ1v) is 7.29. The van der Waals surface area contributed by atoms with Crippen molar-refractivity contribution < 1.29 is 0 Å². The highest BCUT2D eigenvalue weighted by atomic mass is 32.2. The van der Waals surface area contributed by atoms with Gasteiger partial charge in [0.25, 0.3) is 0 Å². The zero-order chi connectivity index (χ0) is 11.1. The molecule has 0 bridgehead atoms. The van der Waals surface area contributed by atoms with Crippen LogP contribution in [0.2, 0.25) is 0 Å². The Balaban J connectivity index is 2.35. The third-order valence-corrected chi connectivity index (χ3v) is 3.89. The van der Waals surface area contributed by atoms with E-state index in [9.17, 15) is 0 Å². The highest BCUT2D eigenvalue weighted by molar-refractivity contribution is 7.98. The van der Waals surface area contributed by atoms with Gasteiger partial charge in [0.2, 0.25) is 0 Å². The SMILES string of the molecule is CCCNc1snnc1CSCC(C)C. The monoisotopic (exact) mass is 245 g/mol. The van der Waals surface area contributed by atoms with Gasteiger partial charge in [-0.05, 0) is 18.1 Å². The first-order valence-electron chi connectivity index (χ1n) is 5.36. The van der Waals surface area contributed by atoms with Gasteiger partial charge in [-0.25, -0.2) is 0 Å². The summed E-state index contributed by atoms with van der Waals surface area (Å²) in [7, 11) is 0. The van der Waals surface area contributed by atoms with Crippen LogP contribution in [-0.2, 0) is 5.75 Å². The number of anilines is 1. The van der Waals surface area contributed by atoms with E-state index in [2.05, 4.69) is 35.7 Å². The first-order chi connectivity index (χ1) is 7.24. The van der Waals surface area contributed by atoms with Crippen LogP contribution in [0.1, 0.15) is 32.9 Å². The van der Waals surface area contributed by atoms with Crippen LogP contribution < -0.4 is 5.32 Å². The fourth-order valence-electron chi connectivity index (χ4n) is 1.07.